The molecule has 0 aliphatic rings. The zero-order chi connectivity index (χ0) is 31.5. The first-order valence-corrected chi connectivity index (χ1v) is 20.0. The summed E-state index contributed by atoms with van der Waals surface area (Å²) in [6, 6.07) is 14.2. The predicted octanol–water partition coefficient (Wildman–Crippen LogP) is 15.0. The van der Waals surface area contributed by atoms with Crippen LogP contribution in [0.1, 0.15) is 204 Å². The average molecular weight is 603 g/mol. The second kappa shape index (κ2) is 26.6. The topological polar surface area (TPSA) is 0 Å². The first-order valence-electron chi connectivity index (χ1n) is 20.0. The third-order valence-electron chi connectivity index (χ3n) is 9.99. The minimum Gasteiger partial charge on any atom is -0.0654 e. The van der Waals surface area contributed by atoms with E-state index in [0.29, 0.717) is 0 Å². The zero-order valence-electron chi connectivity index (χ0n) is 30.3. The lowest BCUT2D eigenvalue weighted by Crippen LogP contribution is -2.09. The van der Waals surface area contributed by atoms with E-state index in [1.165, 1.54) is 185 Å². The van der Waals surface area contributed by atoms with Gasteiger partial charge in [0.15, 0.2) is 0 Å². The van der Waals surface area contributed by atoms with E-state index in [9.17, 15) is 0 Å². The summed E-state index contributed by atoms with van der Waals surface area (Å²) >= 11 is 0. The molecule has 0 atom stereocenters. The van der Waals surface area contributed by atoms with Crippen LogP contribution in [0.5, 0.6) is 0 Å². The van der Waals surface area contributed by atoms with Gasteiger partial charge in [-0.1, -0.05) is 193 Å². The van der Waals surface area contributed by atoms with Crippen LogP contribution in [0.2, 0.25) is 0 Å². The van der Waals surface area contributed by atoms with E-state index in [2.05, 4.69) is 64.1 Å². The van der Waals surface area contributed by atoms with Gasteiger partial charge in [0.1, 0.15) is 0 Å². The summed E-state index contributed by atoms with van der Waals surface area (Å²) in [7, 11) is 0. The monoisotopic (exact) mass is 603 g/mol. The lowest BCUT2D eigenvalue weighted by Gasteiger charge is -2.24. The second-order valence-corrected chi connectivity index (χ2v) is 14.0. The van der Waals surface area contributed by atoms with Crippen molar-refractivity contribution in [3.63, 3.8) is 0 Å². The molecule has 2 rings (SSSR count). The zero-order valence-corrected chi connectivity index (χ0v) is 30.3. The van der Waals surface area contributed by atoms with Gasteiger partial charge in [-0.15, -0.1) is 0 Å². The van der Waals surface area contributed by atoms with Crippen LogP contribution >= 0.6 is 0 Å². The van der Waals surface area contributed by atoms with Crippen molar-refractivity contribution in [2.45, 2.75) is 207 Å². The van der Waals surface area contributed by atoms with Crippen molar-refractivity contribution in [1.29, 1.82) is 0 Å². The van der Waals surface area contributed by atoms with E-state index in [1.54, 1.807) is 27.8 Å². The number of unbranched alkanes of at least 4 members (excludes halogenated alkanes) is 20. The fourth-order valence-electron chi connectivity index (χ4n) is 7.23. The van der Waals surface area contributed by atoms with E-state index < -0.39 is 0 Å². The Bertz CT molecular complexity index is 923. The first-order chi connectivity index (χ1) is 21.8. The highest BCUT2D eigenvalue weighted by molar-refractivity contribution is 5.71. The van der Waals surface area contributed by atoms with Crippen molar-refractivity contribution in [1.82, 2.24) is 0 Å². The smallest absolute Gasteiger partial charge is 0.0146 e. The number of rotatable bonds is 29. The molecule has 0 bridgehead atoms. The molecule has 0 fully saturated rings. The summed E-state index contributed by atoms with van der Waals surface area (Å²) in [5.41, 5.74) is 10.1. The van der Waals surface area contributed by atoms with Crippen molar-refractivity contribution >= 4 is 0 Å². The second-order valence-electron chi connectivity index (χ2n) is 14.0. The van der Waals surface area contributed by atoms with Crippen LogP contribution < -0.4 is 0 Å². The maximum atomic E-state index is 2.70. The Labute approximate surface area is 276 Å². The van der Waals surface area contributed by atoms with Crippen LogP contribution in [0.15, 0.2) is 36.4 Å². The van der Waals surface area contributed by atoms with Crippen LogP contribution in [0.25, 0.3) is 11.1 Å². The summed E-state index contributed by atoms with van der Waals surface area (Å²) in [4.78, 5) is 0. The summed E-state index contributed by atoms with van der Waals surface area (Å²) in [5.74, 6) is 0. The van der Waals surface area contributed by atoms with Crippen molar-refractivity contribution < 1.29 is 0 Å². The first kappa shape index (κ1) is 38.6. The van der Waals surface area contributed by atoms with E-state index in [0.717, 1.165) is 0 Å². The molecule has 0 nitrogen and oxygen atoms in total. The molecule has 0 aliphatic carbocycles. The van der Waals surface area contributed by atoms with Crippen LogP contribution in [-0.2, 0) is 25.7 Å². The van der Waals surface area contributed by atoms with Gasteiger partial charge in [0.05, 0.1) is 0 Å². The molecule has 0 saturated carbocycles. The molecule has 2 aromatic carbocycles. The predicted molar refractivity (Wildman–Crippen MR) is 200 cm³/mol. The summed E-state index contributed by atoms with van der Waals surface area (Å²) in [6.45, 7) is 9.34. The minimum absolute atomic E-state index is 1.27. The molecule has 0 aliphatic heterocycles. The molecule has 2 aromatic rings. The lowest BCUT2D eigenvalue weighted by atomic mass is 9.81. The van der Waals surface area contributed by atoms with E-state index in [1.807, 2.05) is 0 Å². The molecule has 0 spiro atoms. The van der Waals surface area contributed by atoms with Gasteiger partial charge in [-0.3, -0.25) is 0 Å². The Hall–Kier alpha value is -1.56. The highest BCUT2D eigenvalue weighted by Gasteiger charge is 2.19. The van der Waals surface area contributed by atoms with Gasteiger partial charge in [0.25, 0.3) is 0 Å². The fraction of sp³-hybridized carbons (Fsp3) is 0.727. The molecule has 0 heterocycles. The van der Waals surface area contributed by atoms with Crippen molar-refractivity contribution in [3.8, 4) is 11.1 Å². The lowest BCUT2D eigenvalue weighted by molar-refractivity contribution is 0.588. The van der Waals surface area contributed by atoms with Gasteiger partial charge in [0, 0.05) is 0 Å². The molecule has 0 amide bonds. The molecule has 0 aromatic heterocycles. The Kier molecular flexibility index (Phi) is 23.4. The molecule has 0 heteroatoms. The van der Waals surface area contributed by atoms with Gasteiger partial charge in [-0.05, 0) is 84.7 Å². The summed E-state index contributed by atoms with van der Waals surface area (Å²) < 4.78 is 0. The molecule has 0 unspecified atom stereocenters. The summed E-state index contributed by atoms with van der Waals surface area (Å²) in [6.07, 6.45) is 38.4. The molecule has 0 N–H and O–H groups in total. The molecule has 44 heavy (non-hydrogen) atoms. The van der Waals surface area contributed by atoms with Crippen LogP contribution in [-0.4, -0.2) is 0 Å². The Balaban J connectivity index is 2.42. The molecular formula is C44H74. The van der Waals surface area contributed by atoms with Crippen molar-refractivity contribution in [3.05, 3.63) is 58.7 Å². The van der Waals surface area contributed by atoms with E-state index in [-0.39, 0.29) is 0 Å². The van der Waals surface area contributed by atoms with Gasteiger partial charge in [0.2, 0.25) is 0 Å². The normalized spacial score (nSPS) is 11.5. The van der Waals surface area contributed by atoms with Gasteiger partial charge in [-0.25, -0.2) is 0 Å². The molecule has 0 saturated heterocycles. The Morgan fingerprint density at radius 3 is 1.16 bits per heavy atom. The Morgan fingerprint density at radius 1 is 0.341 bits per heavy atom. The van der Waals surface area contributed by atoms with Gasteiger partial charge >= 0.3 is 0 Å². The van der Waals surface area contributed by atoms with Crippen LogP contribution in [0, 0.1) is 0 Å². The number of hydrogen-bond acceptors (Lipinski definition) is 0. The number of aryl methyl sites for hydroxylation is 1. The third kappa shape index (κ3) is 16.1. The average Bonchev–Trinajstić information content (AvgIpc) is 3.05. The summed E-state index contributed by atoms with van der Waals surface area (Å²) in [5, 5.41) is 0. The highest BCUT2D eigenvalue weighted by Crippen LogP contribution is 2.36. The Morgan fingerprint density at radius 2 is 0.705 bits per heavy atom. The maximum absolute atomic E-state index is 2.70. The van der Waals surface area contributed by atoms with Crippen LogP contribution in [0.4, 0.5) is 0 Å². The van der Waals surface area contributed by atoms with E-state index >= 15 is 0 Å². The quantitative estimate of drug-likeness (QED) is 0.0812. The van der Waals surface area contributed by atoms with E-state index in [4.69, 9.17) is 0 Å². The standard InChI is InChI=1S/C44H74/c1-5-9-13-17-21-26-34-40-38-44(39-32-27-25-28-33-39)43(37-31-24-20-16-12-8-4)42(36-30-23-19-15-11-7-3)41(40)35-29-22-18-14-10-6-2/h25,27-28,32-33,38H,5-24,26,29-31,34-37H2,1-4H3. The van der Waals surface area contributed by atoms with Crippen LogP contribution in [0.3, 0.4) is 0 Å². The van der Waals surface area contributed by atoms with Gasteiger partial charge in [-0.2, -0.15) is 0 Å². The highest BCUT2D eigenvalue weighted by atomic mass is 14.2. The molecule has 250 valence electrons. The third-order valence-corrected chi connectivity index (χ3v) is 9.99. The van der Waals surface area contributed by atoms with Crippen molar-refractivity contribution in [2.24, 2.45) is 0 Å². The molecular weight excluding hydrogens is 528 g/mol. The SMILES string of the molecule is CCCCCCCCc1cc(-c2ccccc2)c(CCCCCCCC)c(CCCCCCCC)c1CCCCCCCC. The fourth-order valence-corrected chi connectivity index (χ4v) is 7.23. The number of benzene rings is 2. The minimum atomic E-state index is 1.27. The van der Waals surface area contributed by atoms with Crippen molar-refractivity contribution in [2.75, 3.05) is 0 Å². The number of hydrogen-bond donors (Lipinski definition) is 0. The van der Waals surface area contributed by atoms with Gasteiger partial charge < -0.3 is 0 Å². The molecule has 0 radical (unpaired) electrons. The largest absolute Gasteiger partial charge is 0.0654 e. The maximum Gasteiger partial charge on any atom is -0.0146 e.